The molecule has 1 aliphatic rings. The van der Waals surface area contributed by atoms with Crippen molar-refractivity contribution in [2.45, 2.75) is 32.1 Å². The Bertz CT molecular complexity index is 898. The van der Waals surface area contributed by atoms with Gasteiger partial charge in [-0.15, -0.1) is 0 Å². The van der Waals surface area contributed by atoms with Gasteiger partial charge in [0.2, 0.25) is 17.6 Å². The molecule has 0 unspecified atom stereocenters. The number of carbonyl (C=O) groups excluding carboxylic acids is 1. The van der Waals surface area contributed by atoms with Crippen molar-refractivity contribution in [1.29, 1.82) is 0 Å². The first-order valence-corrected chi connectivity index (χ1v) is 9.52. The summed E-state index contributed by atoms with van der Waals surface area (Å²) in [6.07, 6.45) is 11.1. The number of benzene rings is 1. The molecule has 0 aliphatic heterocycles. The molecular formula is C21H22ClN3O3. The van der Waals surface area contributed by atoms with E-state index in [9.17, 15) is 4.79 Å². The van der Waals surface area contributed by atoms with Crippen LogP contribution >= 0.6 is 11.6 Å². The van der Waals surface area contributed by atoms with E-state index in [0.717, 1.165) is 30.6 Å². The van der Waals surface area contributed by atoms with Crippen LogP contribution in [-0.2, 0) is 11.2 Å². The van der Waals surface area contributed by atoms with Gasteiger partial charge in [0.05, 0.1) is 7.11 Å². The summed E-state index contributed by atoms with van der Waals surface area (Å²) in [5.41, 5.74) is 1.54. The minimum Gasteiger partial charge on any atom is -0.497 e. The number of aromatic nitrogens is 2. The number of halogens is 1. The highest BCUT2D eigenvalue weighted by atomic mass is 35.5. The van der Waals surface area contributed by atoms with Gasteiger partial charge in [-0.3, -0.25) is 4.79 Å². The molecule has 0 spiro atoms. The third kappa shape index (κ3) is 5.82. The zero-order valence-corrected chi connectivity index (χ0v) is 16.4. The number of allylic oxidation sites excluding steroid dienone is 5. The lowest BCUT2D eigenvalue weighted by atomic mass is 10.2. The normalized spacial score (nSPS) is 15.5. The molecule has 2 aromatic rings. The van der Waals surface area contributed by atoms with Crippen LogP contribution < -0.4 is 10.1 Å². The lowest BCUT2D eigenvalue weighted by Crippen LogP contribution is -2.22. The van der Waals surface area contributed by atoms with Crippen LogP contribution in [0.2, 0.25) is 0 Å². The maximum absolute atomic E-state index is 12.3. The van der Waals surface area contributed by atoms with Crippen molar-refractivity contribution in [1.82, 2.24) is 15.5 Å². The summed E-state index contributed by atoms with van der Waals surface area (Å²) in [4.78, 5) is 16.6. The van der Waals surface area contributed by atoms with Crippen LogP contribution in [0, 0.1) is 0 Å². The van der Waals surface area contributed by atoms with E-state index in [2.05, 4.69) is 15.5 Å². The average molecular weight is 400 g/mol. The molecule has 28 heavy (non-hydrogen) atoms. The minimum absolute atomic E-state index is 0.126. The largest absolute Gasteiger partial charge is 0.497 e. The quantitative estimate of drug-likeness (QED) is 0.771. The van der Waals surface area contributed by atoms with Crippen LogP contribution in [0.1, 0.15) is 31.6 Å². The monoisotopic (exact) mass is 399 g/mol. The van der Waals surface area contributed by atoms with Gasteiger partial charge in [0, 0.05) is 29.1 Å². The van der Waals surface area contributed by atoms with Crippen molar-refractivity contribution in [2.24, 2.45) is 0 Å². The Balaban J connectivity index is 1.56. The van der Waals surface area contributed by atoms with Gasteiger partial charge < -0.3 is 14.6 Å². The SMILES string of the molecule is COc1ccc(-c2noc(CCC(=O)NC3=CCCC/C=C/C(Cl)=C3)n2)cc1. The Morgan fingerprint density at radius 2 is 2.11 bits per heavy atom. The molecule has 146 valence electrons. The minimum atomic E-state index is -0.126. The summed E-state index contributed by atoms with van der Waals surface area (Å²) in [6, 6.07) is 7.37. The van der Waals surface area contributed by atoms with Crippen LogP contribution in [0.25, 0.3) is 11.4 Å². The first kappa shape index (κ1) is 19.9. The van der Waals surface area contributed by atoms with Gasteiger partial charge in [-0.2, -0.15) is 4.98 Å². The predicted octanol–water partition coefficient (Wildman–Crippen LogP) is 4.54. The van der Waals surface area contributed by atoms with Crippen LogP contribution in [0.5, 0.6) is 5.75 Å². The fourth-order valence-electron chi connectivity index (χ4n) is 2.69. The first-order valence-electron chi connectivity index (χ1n) is 9.15. The topological polar surface area (TPSA) is 77.2 Å². The molecule has 0 saturated heterocycles. The van der Waals surface area contributed by atoms with E-state index < -0.39 is 0 Å². The van der Waals surface area contributed by atoms with Crippen molar-refractivity contribution < 1.29 is 14.1 Å². The molecule has 1 aliphatic carbocycles. The number of nitrogens with zero attached hydrogens (tertiary/aromatic N) is 2. The highest BCUT2D eigenvalue weighted by Gasteiger charge is 2.11. The fraction of sp³-hybridized carbons (Fsp3) is 0.286. The summed E-state index contributed by atoms with van der Waals surface area (Å²) in [6.45, 7) is 0. The third-order valence-electron chi connectivity index (χ3n) is 4.18. The van der Waals surface area contributed by atoms with Crippen molar-refractivity contribution in [3.63, 3.8) is 0 Å². The van der Waals surface area contributed by atoms with Crippen molar-refractivity contribution in [3.05, 3.63) is 65.2 Å². The van der Waals surface area contributed by atoms with Gasteiger partial charge in [-0.1, -0.05) is 28.9 Å². The number of carbonyl (C=O) groups is 1. The second-order valence-corrected chi connectivity index (χ2v) is 6.75. The Hall–Kier alpha value is -2.86. The molecule has 1 N–H and O–H groups in total. The van der Waals surface area contributed by atoms with E-state index in [1.807, 2.05) is 42.5 Å². The fourth-order valence-corrected chi connectivity index (χ4v) is 2.90. The second kappa shape index (κ2) is 9.90. The maximum Gasteiger partial charge on any atom is 0.227 e. The van der Waals surface area contributed by atoms with E-state index in [-0.39, 0.29) is 12.3 Å². The Kier molecular flexibility index (Phi) is 7.03. The number of hydrogen-bond donors (Lipinski definition) is 1. The molecule has 1 heterocycles. The zero-order valence-electron chi connectivity index (χ0n) is 15.7. The number of amides is 1. The third-order valence-corrected chi connectivity index (χ3v) is 4.41. The number of ether oxygens (including phenoxy) is 1. The summed E-state index contributed by atoms with van der Waals surface area (Å²) in [5, 5.41) is 7.46. The van der Waals surface area contributed by atoms with Gasteiger partial charge in [0.1, 0.15) is 5.75 Å². The average Bonchev–Trinajstić information content (AvgIpc) is 3.20. The number of nitrogens with one attached hydrogen (secondary N) is 1. The number of hydrogen-bond acceptors (Lipinski definition) is 5. The summed E-state index contributed by atoms with van der Waals surface area (Å²) in [5.74, 6) is 1.53. The van der Waals surface area contributed by atoms with E-state index in [1.54, 1.807) is 13.2 Å². The number of rotatable bonds is 6. The lowest BCUT2D eigenvalue weighted by molar-refractivity contribution is -0.120. The van der Waals surface area contributed by atoms with Gasteiger partial charge >= 0.3 is 0 Å². The Labute approximate surface area is 168 Å². The molecule has 3 rings (SSSR count). The smallest absolute Gasteiger partial charge is 0.227 e. The summed E-state index contributed by atoms with van der Waals surface area (Å²) < 4.78 is 10.4. The number of methoxy groups -OCH3 is 1. The summed E-state index contributed by atoms with van der Waals surface area (Å²) >= 11 is 6.14. The van der Waals surface area contributed by atoms with Crippen LogP contribution in [0.3, 0.4) is 0 Å². The Morgan fingerprint density at radius 3 is 2.89 bits per heavy atom. The van der Waals surface area contributed by atoms with E-state index in [0.29, 0.717) is 28.9 Å². The molecule has 0 bridgehead atoms. The maximum atomic E-state index is 12.3. The zero-order chi connectivity index (χ0) is 19.8. The van der Waals surface area contributed by atoms with Crippen molar-refractivity contribution >= 4 is 17.5 Å². The number of aryl methyl sites for hydroxylation is 1. The van der Waals surface area contributed by atoms with Crippen molar-refractivity contribution in [2.75, 3.05) is 7.11 Å². The second-order valence-electron chi connectivity index (χ2n) is 6.31. The molecule has 0 fully saturated rings. The Morgan fingerprint density at radius 1 is 1.29 bits per heavy atom. The van der Waals surface area contributed by atoms with Gasteiger partial charge in [0.15, 0.2) is 0 Å². The van der Waals surface area contributed by atoms with Gasteiger partial charge in [0.25, 0.3) is 0 Å². The van der Waals surface area contributed by atoms with Crippen LogP contribution in [0.4, 0.5) is 0 Å². The van der Waals surface area contributed by atoms with Crippen molar-refractivity contribution in [3.8, 4) is 17.1 Å². The molecule has 1 amide bonds. The van der Waals surface area contributed by atoms with E-state index in [4.69, 9.17) is 20.9 Å². The molecule has 7 heteroatoms. The molecule has 0 atom stereocenters. The highest BCUT2D eigenvalue weighted by molar-refractivity contribution is 6.31. The lowest BCUT2D eigenvalue weighted by Gasteiger charge is -2.05. The summed E-state index contributed by atoms with van der Waals surface area (Å²) in [7, 11) is 1.61. The first-order chi connectivity index (χ1) is 13.6. The molecule has 1 aromatic carbocycles. The standard InChI is InChI=1S/C21H22ClN3O3/c1-27-18-10-8-15(9-11-18)21-24-20(28-25-21)13-12-19(26)23-17-7-5-3-2-4-6-16(22)14-17/h4,6-11,14H,2-3,5,12-13H2,1H3,(H,23,26)/b6-4+,16-14?,17-7?. The molecule has 1 aromatic heterocycles. The van der Waals surface area contributed by atoms with Crippen LogP contribution in [-0.4, -0.2) is 23.2 Å². The molecule has 6 nitrogen and oxygen atoms in total. The van der Waals surface area contributed by atoms with E-state index >= 15 is 0 Å². The van der Waals surface area contributed by atoms with Gasteiger partial charge in [-0.05, 0) is 55.7 Å². The van der Waals surface area contributed by atoms with Gasteiger partial charge in [-0.25, -0.2) is 0 Å². The highest BCUT2D eigenvalue weighted by Crippen LogP contribution is 2.20. The molecular weight excluding hydrogens is 378 g/mol. The van der Waals surface area contributed by atoms with Crippen LogP contribution in [0.15, 0.2) is 63.8 Å². The molecule has 0 saturated carbocycles. The molecule has 0 radical (unpaired) electrons. The van der Waals surface area contributed by atoms with E-state index in [1.165, 1.54) is 0 Å². The predicted molar refractivity (Wildman–Crippen MR) is 108 cm³/mol.